The van der Waals surface area contributed by atoms with Gasteiger partial charge in [-0.25, -0.2) is 4.39 Å². The summed E-state index contributed by atoms with van der Waals surface area (Å²) in [5.41, 5.74) is 6.56. The number of rotatable bonds is 0. The Morgan fingerprint density at radius 2 is 2.29 bits per heavy atom. The van der Waals surface area contributed by atoms with E-state index >= 15 is 0 Å². The van der Waals surface area contributed by atoms with Crippen LogP contribution >= 0.6 is 22.6 Å². The molecule has 14 heavy (non-hydrogen) atoms. The summed E-state index contributed by atoms with van der Waals surface area (Å²) in [6, 6.07) is 1.26. The topological polar surface area (TPSA) is 55.1 Å². The molecule has 0 radical (unpaired) electrons. The van der Waals surface area contributed by atoms with Crippen molar-refractivity contribution in [1.29, 1.82) is 0 Å². The van der Waals surface area contributed by atoms with Crippen molar-refractivity contribution in [2.75, 3.05) is 5.73 Å². The van der Waals surface area contributed by atoms with Crippen LogP contribution in [0.1, 0.15) is 28.9 Å². The Kier molecular flexibility index (Phi) is 2.13. The summed E-state index contributed by atoms with van der Waals surface area (Å²) in [6.07, 6.45) is 0. The monoisotopic (exact) mass is 306 g/mol. The van der Waals surface area contributed by atoms with E-state index in [0.717, 1.165) is 9.13 Å². The number of nitrogens with two attached hydrogens (primary N) is 1. The average molecular weight is 306 g/mol. The summed E-state index contributed by atoms with van der Waals surface area (Å²) in [7, 11) is 0. The number of carbonyl (C=O) groups is 1. The molecule has 0 bridgehead atoms. The Balaban J connectivity index is 2.79. The lowest BCUT2D eigenvalue weighted by Gasteiger charge is -2.07. The van der Waals surface area contributed by atoms with E-state index in [2.05, 4.69) is 5.32 Å². The van der Waals surface area contributed by atoms with E-state index < -0.39 is 5.82 Å². The van der Waals surface area contributed by atoms with E-state index in [-0.39, 0.29) is 17.6 Å². The standard InChI is InChI=1S/C9H8FIN2O/c1-3-6-5(11)2-4(10)8(12)7(6)9(14)13-3/h2-3H,12H2,1H3,(H,13,14)/t3-/m0/s1. The van der Waals surface area contributed by atoms with Gasteiger partial charge in [0.05, 0.1) is 17.3 Å². The number of hydrogen-bond donors (Lipinski definition) is 2. The zero-order valence-corrected chi connectivity index (χ0v) is 9.55. The molecule has 2 rings (SSSR count). The summed E-state index contributed by atoms with van der Waals surface area (Å²) < 4.78 is 14.0. The van der Waals surface area contributed by atoms with E-state index in [1.165, 1.54) is 6.07 Å². The van der Waals surface area contributed by atoms with Crippen molar-refractivity contribution in [2.24, 2.45) is 0 Å². The van der Waals surface area contributed by atoms with Crippen molar-refractivity contribution >= 4 is 34.2 Å². The fourth-order valence-electron chi connectivity index (χ4n) is 1.66. The predicted molar refractivity (Wildman–Crippen MR) is 59.4 cm³/mol. The number of benzene rings is 1. The number of amides is 1. The molecule has 0 saturated carbocycles. The van der Waals surface area contributed by atoms with E-state index in [1.807, 2.05) is 29.5 Å². The smallest absolute Gasteiger partial charge is 0.254 e. The lowest BCUT2D eigenvalue weighted by Crippen LogP contribution is -2.17. The molecule has 3 N–H and O–H groups in total. The Morgan fingerprint density at radius 1 is 1.64 bits per heavy atom. The minimum absolute atomic E-state index is 0.0535. The second-order valence-corrected chi connectivity index (χ2v) is 4.40. The largest absolute Gasteiger partial charge is 0.396 e. The first kappa shape index (κ1) is 9.70. The van der Waals surface area contributed by atoms with Crippen LogP contribution in [0.3, 0.4) is 0 Å². The van der Waals surface area contributed by atoms with Gasteiger partial charge in [-0.15, -0.1) is 0 Å². The number of anilines is 1. The second-order valence-electron chi connectivity index (χ2n) is 3.24. The van der Waals surface area contributed by atoms with Crippen LogP contribution in [0.15, 0.2) is 6.07 Å². The van der Waals surface area contributed by atoms with Crippen LogP contribution in [-0.4, -0.2) is 5.91 Å². The molecule has 5 heteroatoms. The second kappa shape index (κ2) is 3.08. The average Bonchev–Trinajstić information content (AvgIpc) is 2.38. The molecule has 74 valence electrons. The number of fused-ring (bicyclic) bond motifs is 1. The van der Waals surface area contributed by atoms with Crippen molar-refractivity contribution < 1.29 is 9.18 Å². The highest BCUT2D eigenvalue weighted by Gasteiger charge is 2.31. The van der Waals surface area contributed by atoms with Crippen molar-refractivity contribution in [2.45, 2.75) is 13.0 Å². The normalized spacial score (nSPS) is 19.4. The summed E-state index contributed by atoms with van der Waals surface area (Å²) in [6.45, 7) is 1.85. The van der Waals surface area contributed by atoms with Gasteiger partial charge < -0.3 is 11.1 Å². The van der Waals surface area contributed by atoms with Gasteiger partial charge in [0.1, 0.15) is 5.82 Å². The van der Waals surface area contributed by atoms with Gasteiger partial charge in [-0.2, -0.15) is 0 Å². The molecule has 1 aromatic rings. The van der Waals surface area contributed by atoms with Gasteiger partial charge in [0.15, 0.2) is 0 Å². The van der Waals surface area contributed by atoms with Gasteiger partial charge in [-0.3, -0.25) is 4.79 Å². The molecule has 0 fully saturated rings. The van der Waals surface area contributed by atoms with E-state index in [9.17, 15) is 9.18 Å². The van der Waals surface area contributed by atoms with Gasteiger partial charge in [-0.1, -0.05) is 0 Å². The Bertz CT molecular complexity index is 433. The third kappa shape index (κ3) is 1.18. The molecule has 3 nitrogen and oxygen atoms in total. The van der Waals surface area contributed by atoms with Crippen LogP contribution in [0, 0.1) is 9.39 Å². The summed E-state index contributed by atoms with van der Waals surface area (Å²) in [5.74, 6) is -0.820. The molecule has 0 unspecified atom stereocenters. The molecule has 1 atom stereocenters. The first-order chi connectivity index (χ1) is 6.52. The zero-order valence-electron chi connectivity index (χ0n) is 7.40. The molecule has 0 aliphatic carbocycles. The minimum atomic E-state index is -0.530. The highest BCUT2D eigenvalue weighted by atomic mass is 127. The molecule has 0 spiro atoms. The third-order valence-corrected chi connectivity index (χ3v) is 3.21. The fraction of sp³-hybridized carbons (Fsp3) is 0.222. The van der Waals surface area contributed by atoms with Crippen LogP contribution in [0.25, 0.3) is 0 Å². The van der Waals surface area contributed by atoms with Crippen LogP contribution in [0.2, 0.25) is 0 Å². The first-order valence-corrected chi connectivity index (χ1v) is 5.18. The minimum Gasteiger partial charge on any atom is -0.396 e. The van der Waals surface area contributed by atoms with Gasteiger partial charge in [-0.05, 0) is 35.6 Å². The maximum atomic E-state index is 13.2. The lowest BCUT2D eigenvalue weighted by molar-refractivity contribution is 0.0959. The molecule has 1 amide bonds. The summed E-state index contributed by atoms with van der Waals surface area (Å²) in [5, 5.41) is 2.70. The van der Waals surface area contributed by atoms with Crippen LogP contribution in [0.4, 0.5) is 10.1 Å². The number of nitrogen functional groups attached to an aromatic ring is 1. The summed E-state index contributed by atoms with van der Waals surface area (Å²) >= 11 is 2.01. The number of halogens is 2. The summed E-state index contributed by atoms with van der Waals surface area (Å²) in [4.78, 5) is 11.4. The molecule has 1 aliphatic rings. The Labute approximate surface area is 94.0 Å². The highest BCUT2D eigenvalue weighted by Crippen LogP contribution is 2.34. The third-order valence-electron chi connectivity index (χ3n) is 2.31. The van der Waals surface area contributed by atoms with Gasteiger partial charge in [0.2, 0.25) is 0 Å². The van der Waals surface area contributed by atoms with Crippen molar-refractivity contribution in [3.8, 4) is 0 Å². The quantitative estimate of drug-likeness (QED) is 0.567. The number of carbonyl (C=O) groups excluding carboxylic acids is 1. The van der Waals surface area contributed by atoms with E-state index in [4.69, 9.17) is 5.73 Å². The molecular weight excluding hydrogens is 298 g/mol. The van der Waals surface area contributed by atoms with E-state index in [1.54, 1.807) is 0 Å². The van der Waals surface area contributed by atoms with E-state index in [0.29, 0.717) is 5.56 Å². The maximum Gasteiger partial charge on any atom is 0.254 e. The molecule has 1 heterocycles. The predicted octanol–water partition coefficient (Wildman–Crippen LogP) is 1.82. The highest BCUT2D eigenvalue weighted by molar-refractivity contribution is 14.1. The molecule has 1 aromatic carbocycles. The van der Waals surface area contributed by atoms with Crippen molar-refractivity contribution in [3.63, 3.8) is 0 Å². The Morgan fingerprint density at radius 3 is 2.93 bits per heavy atom. The zero-order chi connectivity index (χ0) is 10.5. The molecule has 1 aliphatic heterocycles. The van der Waals surface area contributed by atoms with Gasteiger partial charge >= 0.3 is 0 Å². The maximum absolute atomic E-state index is 13.2. The van der Waals surface area contributed by atoms with Crippen LogP contribution in [0.5, 0.6) is 0 Å². The SMILES string of the molecule is C[C@@H]1NC(=O)c2c(N)c(F)cc(I)c21. The fourth-order valence-corrected chi connectivity index (χ4v) is 2.67. The van der Waals surface area contributed by atoms with Gasteiger partial charge in [0.25, 0.3) is 5.91 Å². The lowest BCUT2D eigenvalue weighted by atomic mass is 10.0. The van der Waals surface area contributed by atoms with Crippen LogP contribution in [-0.2, 0) is 0 Å². The number of hydrogen-bond acceptors (Lipinski definition) is 2. The molecule has 0 aromatic heterocycles. The molecule has 0 saturated heterocycles. The van der Waals surface area contributed by atoms with Crippen molar-refractivity contribution in [1.82, 2.24) is 5.32 Å². The Hall–Kier alpha value is -0.850. The molecular formula is C9H8FIN2O. The first-order valence-electron chi connectivity index (χ1n) is 4.10. The van der Waals surface area contributed by atoms with Crippen molar-refractivity contribution in [3.05, 3.63) is 26.6 Å². The van der Waals surface area contributed by atoms with Gasteiger partial charge in [0, 0.05) is 9.13 Å². The van der Waals surface area contributed by atoms with Crippen LogP contribution < -0.4 is 11.1 Å². The number of nitrogens with one attached hydrogen (secondary N) is 1.